The Balaban J connectivity index is 2.08. The zero-order chi connectivity index (χ0) is 30.0. The molecule has 9 nitrogen and oxygen atoms in total. The number of amides is 2. The van der Waals surface area contributed by atoms with E-state index in [9.17, 15) is 18.0 Å². The molecule has 41 heavy (non-hydrogen) atoms. The summed E-state index contributed by atoms with van der Waals surface area (Å²) in [6.45, 7) is 3.43. The molecule has 0 unspecified atom stereocenters. The fourth-order valence-electron chi connectivity index (χ4n) is 4.34. The van der Waals surface area contributed by atoms with Crippen molar-refractivity contribution in [2.75, 3.05) is 31.3 Å². The van der Waals surface area contributed by atoms with Crippen LogP contribution in [0.5, 0.6) is 11.5 Å². The van der Waals surface area contributed by atoms with Gasteiger partial charge in [0.15, 0.2) is 0 Å². The number of carbonyl (C=O) groups is 2. The number of rotatable bonds is 14. The van der Waals surface area contributed by atoms with Gasteiger partial charge in [-0.15, -0.1) is 0 Å². The minimum Gasteiger partial charge on any atom is -0.497 e. The number of hydrogen-bond donors (Lipinski definition) is 1. The van der Waals surface area contributed by atoms with E-state index >= 15 is 0 Å². The van der Waals surface area contributed by atoms with Crippen LogP contribution in [-0.4, -0.2) is 64.2 Å². The third-order valence-electron chi connectivity index (χ3n) is 6.78. The molecule has 0 bridgehead atoms. The Morgan fingerprint density at radius 2 is 1.49 bits per heavy atom. The lowest BCUT2D eigenvalue weighted by Crippen LogP contribution is -2.54. The van der Waals surface area contributed by atoms with Crippen LogP contribution in [0.1, 0.15) is 31.4 Å². The van der Waals surface area contributed by atoms with Crippen molar-refractivity contribution in [1.29, 1.82) is 0 Å². The fourth-order valence-corrected chi connectivity index (χ4v) is 5.18. The maximum atomic E-state index is 14.2. The van der Waals surface area contributed by atoms with Crippen molar-refractivity contribution in [2.45, 2.75) is 45.3 Å². The zero-order valence-corrected chi connectivity index (χ0v) is 25.1. The van der Waals surface area contributed by atoms with Gasteiger partial charge in [-0.05, 0) is 48.7 Å². The Labute approximate surface area is 243 Å². The van der Waals surface area contributed by atoms with E-state index in [0.29, 0.717) is 17.9 Å². The van der Waals surface area contributed by atoms with E-state index in [1.54, 1.807) is 49.6 Å². The van der Waals surface area contributed by atoms with Gasteiger partial charge in [-0.2, -0.15) is 0 Å². The Hall–Kier alpha value is -4.05. The Bertz CT molecular complexity index is 1410. The molecule has 3 aromatic carbocycles. The average molecular weight is 582 g/mol. The summed E-state index contributed by atoms with van der Waals surface area (Å²) < 4.78 is 37.5. The van der Waals surface area contributed by atoms with Crippen molar-refractivity contribution in [1.82, 2.24) is 10.2 Å². The van der Waals surface area contributed by atoms with Crippen LogP contribution in [0.4, 0.5) is 5.69 Å². The molecule has 0 fully saturated rings. The first-order chi connectivity index (χ1) is 19.5. The highest BCUT2D eigenvalue weighted by atomic mass is 32.2. The first-order valence-electron chi connectivity index (χ1n) is 13.4. The average Bonchev–Trinajstić information content (AvgIpc) is 2.97. The molecule has 3 aromatic rings. The van der Waals surface area contributed by atoms with Crippen molar-refractivity contribution in [3.05, 3.63) is 90.0 Å². The second kappa shape index (κ2) is 14.5. The summed E-state index contributed by atoms with van der Waals surface area (Å²) in [7, 11) is -0.838. The van der Waals surface area contributed by atoms with E-state index in [1.807, 2.05) is 50.2 Å². The number of methoxy groups -OCH3 is 2. The van der Waals surface area contributed by atoms with Gasteiger partial charge in [0.25, 0.3) is 0 Å². The molecule has 0 aliphatic heterocycles. The Kier molecular flexibility index (Phi) is 11.2. The molecule has 0 radical (unpaired) electrons. The minimum atomic E-state index is -3.87. The van der Waals surface area contributed by atoms with Crippen molar-refractivity contribution in [3.63, 3.8) is 0 Å². The summed E-state index contributed by atoms with van der Waals surface area (Å²) >= 11 is 0. The van der Waals surface area contributed by atoms with Gasteiger partial charge in [-0.3, -0.25) is 13.9 Å². The van der Waals surface area contributed by atoms with E-state index in [0.717, 1.165) is 21.7 Å². The molecule has 0 aliphatic rings. The Morgan fingerprint density at radius 3 is 2.10 bits per heavy atom. The van der Waals surface area contributed by atoms with Crippen LogP contribution in [0, 0.1) is 0 Å². The molecule has 10 heteroatoms. The summed E-state index contributed by atoms with van der Waals surface area (Å²) in [4.78, 5) is 29.3. The van der Waals surface area contributed by atoms with Gasteiger partial charge in [0.1, 0.15) is 24.1 Å². The molecule has 0 aliphatic carbocycles. The van der Waals surface area contributed by atoms with Crippen LogP contribution in [-0.2, 0) is 32.6 Å². The molecule has 2 atom stereocenters. The van der Waals surface area contributed by atoms with Gasteiger partial charge in [0, 0.05) is 25.1 Å². The summed E-state index contributed by atoms with van der Waals surface area (Å²) in [5.41, 5.74) is 1.89. The SMILES string of the molecule is CC[C@H](C)NC(=O)[C@H](Cc1ccccc1)N(Cc1cccc(OC)c1)C(=O)CN(c1cccc(OC)c1)S(C)(=O)=O. The predicted octanol–water partition coefficient (Wildman–Crippen LogP) is 4.02. The first kappa shape index (κ1) is 31.5. The van der Waals surface area contributed by atoms with Crippen LogP contribution in [0.25, 0.3) is 0 Å². The maximum absolute atomic E-state index is 14.2. The minimum absolute atomic E-state index is 0.0666. The van der Waals surface area contributed by atoms with Gasteiger partial charge in [0.05, 0.1) is 26.2 Å². The number of benzene rings is 3. The topological polar surface area (TPSA) is 105 Å². The molecular formula is C31H39N3O6S. The molecule has 0 heterocycles. The van der Waals surface area contributed by atoms with E-state index in [1.165, 1.54) is 12.0 Å². The van der Waals surface area contributed by atoms with Gasteiger partial charge in [-0.25, -0.2) is 8.42 Å². The summed E-state index contributed by atoms with van der Waals surface area (Å²) in [6, 6.07) is 22.1. The van der Waals surface area contributed by atoms with E-state index in [4.69, 9.17) is 9.47 Å². The van der Waals surface area contributed by atoms with Gasteiger partial charge < -0.3 is 19.7 Å². The molecule has 3 rings (SSSR count). The number of nitrogens with one attached hydrogen (secondary N) is 1. The molecule has 0 spiro atoms. The van der Waals surface area contributed by atoms with Crippen LogP contribution in [0.2, 0.25) is 0 Å². The van der Waals surface area contributed by atoms with Crippen LogP contribution >= 0.6 is 0 Å². The quantitative estimate of drug-likeness (QED) is 0.308. The van der Waals surface area contributed by atoms with E-state index in [2.05, 4.69) is 5.32 Å². The number of carbonyl (C=O) groups excluding carboxylic acids is 2. The van der Waals surface area contributed by atoms with Crippen molar-refractivity contribution in [3.8, 4) is 11.5 Å². The van der Waals surface area contributed by atoms with Crippen molar-refractivity contribution >= 4 is 27.5 Å². The molecule has 0 saturated carbocycles. The number of anilines is 1. The smallest absolute Gasteiger partial charge is 0.244 e. The van der Waals surface area contributed by atoms with E-state index in [-0.39, 0.29) is 30.6 Å². The number of sulfonamides is 1. The van der Waals surface area contributed by atoms with Crippen LogP contribution < -0.4 is 19.1 Å². The number of ether oxygens (including phenoxy) is 2. The summed E-state index contributed by atoms with van der Waals surface area (Å²) in [5.74, 6) is 0.215. The van der Waals surface area contributed by atoms with E-state index < -0.39 is 28.5 Å². The van der Waals surface area contributed by atoms with Crippen molar-refractivity contribution < 1.29 is 27.5 Å². The molecule has 2 amide bonds. The third-order valence-corrected chi connectivity index (χ3v) is 7.92. The lowest BCUT2D eigenvalue weighted by Gasteiger charge is -2.34. The molecular weight excluding hydrogens is 542 g/mol. The highest BCUT2D eigenvalue weighted by molar-refractivity contribution is 7.92. The molecule has 220 valence electrons. The van der Waals surface area contributed by atoms with Gasteiger partial charge >= 0.3 is 0 Å². The zero-order valence-electron chi connectivity index (χ0n) is 24.2. The summed E-state index contributed by atoms with van der Waals surface area (Å²) in [5, 5.41) is 3.02. The standard InChI is InChI=1S/C31H39N3O6S/c1-6-23(2)32-31(36)29(19-24-12-8-7-9-13-24)33(21-25-14-10-16-27(18-25)39-3)30(35)22-34(41(5,37)38)26-15-11-17-28(20-26)40-4/h7-18,20,23,29H,6,19,21-22H2,1-5H3,(H,32,36)/t23-,29-/m0/s1. The molecule has 0 aromatic heterocycles. The highest BCUT2D eigenvalue weighted by Crippen LogP contribution is 2.25. The predicted molar refractivity (Wildman–Crippen MR) is 161 cm³/mol. The molecule has 0 saturated heterocycles. The number of hydrogen-bond acceptors (Lipinski definition) is 6. The van der Waals surface area contributed by atoms with Gasteiger partial charge in [0.2, 0.25) is 21.8 Å². The fraction of sp³-hybridized carbons (Fsp3) is 0.355. The lowest BCUT2D eigenvalue weighted by molar-refractivity contribution is -0.140. The maximum Gasteiger partial charge on any atom is 0.244 e. The van der Waals surface area contributed by atoms with Crippen LogP contribution in [0.15, 0.2) is 78.9 Å². The number of nitrogens with zero attached hydrogens (tertiary/aromatic N) is 2. The normalized spacial score (nSPS) is 12.6. The lowest BCUT2D eigenvalue weighted by atomic mass is 10.0. The molecule has 1 N–H and O–H groups in total. The first-order valence-corrected chi connectivity index (χ1v) is 15.3. The highest BCUT2D eigenvalue weighted by Gasteiger charge is 2.33. The monoisotopic (exact) mass is 581 g/mol. The third kappa shape index (κ3) is 8.97. The van der Waals surface area contributed by atoms with Gasteiger partial charge in [-0.1, -0.05) is 55.5 Å². The second-order valence-corrected chi connectivity index (χ2v) is 11.8. The Morgan fingerprint density at radius 1 is 0.878 bits per heavy atom. The largest absolute Gasteiger partial charge is 0.497 e. The van der Waals surface area contributed by atoms with Crippen molar-refractivity contribution in [2.24, 2.45) is 0 Å². The van der Waals surface area contributed by atoms with Crippen LogP contribution in [0.3, 0.4) is 0 Å². The summed E-state index contributed by atoms with van der Waals surface area (Å²) in [6.07, 6.45) is 2.01. The second-order valence-electron chi connectivity index (χ2n) is 9.87.